The first-order valence-electron chi connectivity index (χ1n) is 6.94. The molecule has 0 aliphatic rings. The van der Waals surface area contributed by atoms with Gasteiger partial charge in [0.1, 0.15) is 5.75 Å². The van der Waals surface area contributed by atoms with Crippen molar-refractivity contribution in [2.75, 3.05) is 0 Å². The number of amides is 1. The minimum absolute atomic E-state index is 0.0301. The maximum atomic E-state index is 12.2. The van der Waals surface area contributed by atoms with Gasteiger partial charge in [0, 0.05) is 24.0 Å². The van der Waals surface area contributed by atoms with Crippen molar-refractivity contribution >= 4 is 5.91 Å². The number of hydrogen-bond donors (Lipinski definition) is 2. The van der Waals surface area contributed by atoms with Crippen molar-refractivity contribution in [3.05, 3.63) is 41.0 Å². The second kappa shape index (κ2) is 5.95. The van der Waals surface area contributed by atoms with Gasteiger partial charge in [0.15, 0.2) is 5.69 Å². The smallest absolute Gasteiger partial charge is 0.274 e. The van der Waals surface area contributed by atoms with Crippen LogP contribution in [0.5, 0.6) is 5.75 Å². The second-order valence-corrected chi connectivity index (χ2v) is 4.97. The molecule has 0 aromatic carbocycles. The first-order valence-corrected chi connectivity index (χ1v) is 6.94. The number of aromatic nitrogens is 3. The first-order chi connectivity index (χ1) is 9.95. The van der Waals surface area contributed by atoms with E-state index < -0.39 is 5.91 Å². The Kier molecular flexibility index (Phi) is 4.26. The van der Waals surface area contributed by atoms with E-state index >= 15 is 0 Å². The molecule has 6 nitrogen and oxygen atoms in total. The van der Waals surface area contributed by atoms with Crippen LogP contribution < -0.4 is 5.32 Å². The molecule has 0 spiro atoms. The van der Waals surface area contributed by atoms with Crippen LogP contribution in [0.2, 0.25) is 0 Å². The molecule has 0 aliphatic carbocycles. The lowest BCUT2D eigenvalue weighted by atomic mass is 10.1. The van der Waals surface area contributed by atoms with Gasteiger partial charge in [0.05, 0.1) is 11.7 Å². The summed E-state index contributed by atoms with van der Waals surface area (Å²) in [5.41, 5.74) is 2.96. The average Bonchev–Trinajstić information content (AvgIpc) is 2.73. The standard InChI is InChI=1S/C15H20N4O2/c1-5-19-11(4)13(10(3)18-19)9(2)17-15(21)14-12(20)7-6-8-16-14/h6-9,20H,5H2,1-4H3,(H,17,21)/t9-/m1/s1. The highest BCUT2D eigenvalue weighted by Crippen LogP contribution is 2.22. The van der Waals surface area contributed by atoms with Crippen molar-refractivity contribution in [1.29, 1.82) is 0 Å². The highest BCUT2D eigenvalue weighted by molar-refractivity contribution is 5.94. The van der Waals surface area contributed by atoms with Crippen LogP contribution in [-0.2, 0) is 6.54 Å². The second-order valence-electron chi connectivity index (χ2n) is 4.97. The molecule has 2 aromatic rings. The van der Waals surface area contributed by atoms with Crippen LogP contribution in [0, 0.1) is 13.8 Å². The number of nitrogens with one attached hydrogen (secondary N) is 1. The van der Waals surface area contributed by atoms with Gasteiger partial charge in [-0.2, -0.15) is 5.10 Å². The van der Waals surface area contributed by atoms with Crippen LogP contribution in [0.15, 0.2) is 18.3 Å². The Hall–Kier alpha value is -2.37. The number of rotatable bonds is 4. The molecule has 2 rings (SSSR count). The lowest BCUT2D eigenvalue weighted by molar-refractivity contribution is 0.0931. The van der Waals surface area contributed by atoms with Crippen molar-refractivity contribution < 1.29 is 9.90 Å². The third-order valence-corrected chi connectivity index (χ3v) is 3.52. The Morgan fingerprint density at radius 3 is 2.76 bits per heavy atom. The molecule has 0 aliphatic heterocycles. The summed E-state index contributed by atoms with van der Waals surface area (Å²) in [6.07, 6.45) is 1.48. The average molecular weight is 288 g/mol. The van der Waals surface area contributed by atoms with Gasteiger partial charge in [0.2, 0.25) is 0 Å². The fourth-order valence-electron chi connectivity index (χ4n) is 2.55. The van der Waals surface area contributed by atoms with Gasteiger partial charge < -0.3 is 10.4 Å². The molecule has 0 saturated heterocycles. The summed E-state index contributed by atoms with van der Waals surface area (Å²) in [6.45, 7) is 8.62. The van der Waals surface area contributed by atoms with Crippen molar-refractivity contribution in [2.45, 2.75) is 40.3 Å². The van der Waals surface area contributed by atoms with Gasteiger partial charge in [-0.1, -0.05) is 0 Å². The number of carbonyl (C=O) groups excluding carboxylic acids is 1. The lowest BCUT2D eigenvalue weighted by Crippen LogP contribution is -2.28. The van der Waals surface area contributed by atoms with Crippen molar-refractivity contribution in [2.24, 2.45) is 0 Å². The SMILES string of the molecule is CCn1nc(C)c([C@@H](C)NC(=O)c2ncccc2O)c1C. The molecule has 1 atom stereocenters. The highest BCUT2D eigenvalue weighted by atomic mass is 16.3. The fourth-order valence-corrected chi connectivity index (χ4v) is 2.55. The van der Waals surface area contributed by atoms with Crippen LogP contribution in [-0.4, -0.2) is 25.8 Å². The largest absolute Gasteiger partial charge is 0.505 e. The molecule has 2 aromatic heterocycles. The zero-order valence-corrected chi connectivity index (χ0v) is 12.7. The van der Waals surface area contributed by atoms with Crippen LogP contribution in [0.1, 0.15) is 47.3 Å². The van der Waals surface area contributed by atoms with E-state index in [0.29, 0.717) is 0 Å². The van der Waals surface area contributed by atoms with E-state index in [1.165, 1.54) is 12.3 Å². The zero-order valence-electron chi connectivity index (χ0n) is 12.7. The molecule has 21 heavy (non-hydrogen) atoms. The minimum atomic E-state index is -0.399. The van der Waals surface area contributed by atoms with E-state index in [1.807, 2.05) is 32.4 Å². The topological polar surface area (TPSA) is 80.0 Å². The molecule has 0 fully saturated rings. The maximum absolute atomic E-state index is 12.2. The lowest BCUT2D eigenvalue weighted by Gasteiger charge is -2.15. The van der Waals surface area contributed by atoms with E-state index in [2.05, 4.69) is 15.4 Å². The van der Waals surface area contributed by atoms with Gasteiger partial charge in [-0.05, 0) is 39.8 Å². The Balaban J connectivity index is 2.22. The van der Waals surface area contributed by atoms with Crippen molar-refractivity contribution in [1.82, 2.24) is 20.1 Å². The summed E-state index contributed by atoms with van der Waals surface area (Å²) < 4.78 is 1.91. The number of hydrogen-bond acceptors (Lipinski definition) is 4. The quantitative estimate of drug-likeness (QED) is 0.903. The summed E-state index contributed by atoms with van der Waals surface area (Å²) in [7, 11) is 0. The predicted molar refractivity (Wildman–Crippen MR) is 79.2 cm³/mol. The molecule has 0 radical (unpaired) electrons. The number of pyridine rings is 1. The van der Waals surface area contributed by atoms with Crippen molar-refractivity contribution in [3.8, 4) is 5.75 Å². The summed E-state index contributed by atoms with van der Waals surface area (Å²) in [5.74, 6) is -0.524. The fraction of sp³-hybridized carbons (Fsp3) is 0.400. The molecule has 0 bridgehead atoms. The predicted octanol–water partition coefficient (Wildman–Crippen LogP) is 2.11. The van der Waals surface area contributed by atoms with E-state index in [9.17, 15) is 9.90 Å². The number of nitrogens with zero attached hydrogens (tertiary/aromatic N) is 3. The van der Waals surface area contributed by atoms with E-state index in [1.54, 1.807) is 6.07 Å². The molecular formula is C15H20N4O2. The van der Waals surface area contributed by atoms with Gasteiger partial charge >= 0.3 is 0 Å². The number of carbonyl (C=O) groups is 1. The molecule has 112 valence electrons. The monoisotopic (exact) mass is 288 g/mol. The van der Waals surface area contributed by atoms with Crippen molar-refractivity contribution in [3.63, 3.8) is 0 Å². The van der Waals surface area contributed by atoms with Crippen LogP contribution >= 0.6 is 0 Å². The number of aryl methyl sites for hydroxylation is 2. The molecule has 6 heteroatoms. The molecule has 1 amide bonds. The van der Waals surface area contributed by atoms with Gasteiger partial charge in [-0.15, -0.1) is 0 Å². The summed E-state index contributed by atoms with van der Waals surface area (Å²) in [4.78, 5) is 16.1. The van der Waals surface area contributed by atoms with Gasteiger partial charge in [-0.3, -0.25) is 9.48 Å². The highest BCUT2D eigenvalue weighted by Gasteiger charge is 2.21. The molecule has 0 saturated carbocycles. The van der Waals surface area contributed by atoms with E-state index in [-0.39, 0.29) is 17.5 Å². The Bertz CT molecular complexity index is 664. The van der Waals surface area contributed by atoms with E-state index in [0.717, 1.165) is 23.5 Å². The Morgan fingerprint density at radius 1 is 1.48 bits per heavy atom. The third-order valence-electron chi connectivity index (χ3n) is 3.52. The summed E-state index contributed by atoms with van der Waals surface area (Å²) in [6, 6.07) is 2.81. The van der Waals surface area contributed by atoms with Crippen LogP contribution in [0.25, 0.3) is 0 Å². The summed E-state index contributed by atoms with van der Waals surface area (Å²) >= 11 is 0. The molecule has 0 unspecified atom stereocenters. The molecule has 2 heterocycles. The van der Waals surface area contributed by atoms with Gasteiger partial charge in [0.25, 0.3) is 5.91 Å². The number of aromatic hydroxyl groups is 1. The van der Waals surface area contributed by atoms with Crippen LogP contribution in [0.4, 0.5) is 0 Å². The molecule has 2 N–H and O–H groups in total. The maximum Gasteiger partial charge on any atom is 0.274 e. The normalized spacial score (nSPS) is 12.2. The molecular weight excluding hydrogens is 268 g/mol. The van der Waals surface area contributed by atoms with Gasteiger partial charge in [-0.25, -0.2) is 4.98 Å². The third kappa shape index (κ3) is 2.89. The first kappa shape index (κ1) is 15.0. The summed E-state index contributed by atoms with van der Waals surface area (Å²) in [5, 5.41) is 17.0. The van der Waals surface area contributed by atoms with Crippen LogP contribution in [0.3, 0.4) is 0 Å². The minimum Gasteiger partial charge on any atom is -0.505 e. The Morgan fingerprint density at radius 2 is 2.19 bits per heavy atom. The van der Waals surface area contributed by atoms with E-state index in [4.69, 9.17) is 0 Å². The Labute approximate surface area is 123 Å². The zero-order chi connectivity index (χ0) is 15.6.